The third-order valence-corrected chi connectivity index (χ3v) is 6.61. The standard InChI is InChI=1S/C20H19BrN2O2S/c21-18-10-9-17(26-18)19(23-11-3-5-14(12-23)20(24)25)16-8-7-13-4-1-2-6-15(13)22-16/h1-2,4,6-10,14,19H,3,5,11-12H2,(H,24,25). The second kappa shape index (κ2) is 7.47. The van der Waals surface area contributed by atoms with Crippen LogP contribution in [0.15, 0.2) is 52.3 Å². The Morgan fingerprint density at radius 1 is 1.23 bits per heavy atom. The Balaban J connectivity index is 1.76. The molecule has 26 heavy (non-hydrogen) atoms. The van der Waals surface area contributed by atoms with E-state index in [0.717, 1.165) is 39.8 Å². The second-order valence-corrected chi connectivity index (χ2v) is 9.14. The molecule has 0 amide bonds. The van der Waals surface area contributed by atoms with Gasteiger partial charge in [-0.2, -0.15) is 0 Å². The number of halogens is 1. The zero-order valence-corrected chi connectivity index (χ0v) is 16.5. The fraction of sp³-hybridized carbons (Fsp3) is 0.300. The van der Waals surface area contributed by atoms with Gasteiger partial charge in [0, 0.05) is 16.8 Å². The number of para-hydroxylation sites is 1. The van der Waals surface area contributed by atoms with E-state index in [-0.39, 0.29) is 12.0 Å². The monoisotopic (exact) mass is 430 g/mol. The fourth-order valence-corrected chi connectivity index (χ4v) is 5.24. The number of nitrogens with zero attached hydrogens (tertiary/aromatic N) is 2. The summed E-state index contributed by atoms with van der Waals surface area (Å²) in [6, 6.07) is 16.4. The quantitative estimate of drug-likeness (QED) is 0.636. The van der Waals surface area contributed by atoms with Crippen molar-refractivity contribution in [3.8, 4) is 0 Å². The van der Waals surface area contributed by atoms with Gasteiger partial charge < -0.3 is 5.11 Å². The molecule has 3 aromatic rings. The van der Waals surface area contributed by atoms with Crippen molar-refractivity contribution in [3.63, 3.8) is 0 Å². The van der Waals surface area contributed by atoms with Gasteiger partial charge in [0.15, 0.2) is 0 Å². The summed E-state index contributed by atoms with van der Waals surface area (Å²) in [4.78, 5) is 19.9. The molecule has 0 spiro atoms. The number of aromatic nitrogens is 1. The molecule has 6 heteroatoms. The molecule has 2 atom stereocenters. The van der Waals surface area contributed by atoms with Crippen molar-refractivity contribution in [2.75, 3.05) is 13.1 Å². The lowest BCUT2D eigenvalue weighted by Gasteiger charge is -2.36. The summed E-state index contributed by atoms with van der Waals surface area (Å²) in [7, 11) is 0. The van der Waals surface area contributed by atoms with Crippen LogP contribution in [0.25, 0.3) is 10.9 Å². The van der Waals surface area contributed by atoms with Crippen LogP contribution in [0.5, 0.6) is 0 Å². The van der Waals surface area contributed by atoms with E-state index in [1.54, 1.807) is 11.3 Å². The van der Waals surface area contributed by atoms with Gasteiger partial charge >= 0.3 is 5.97 Å². The molecule has 1 aromatic carbocycles. The van der Waals surface area contributed by atoms with Gasteiger partial charge in [-0.25, -0.2) is 0 Å². The van der Waals surface area contributed by atoms with Crippen LogP contribution >= 0.6 is 27.3 Å². The molecular formula is C20H19BrN2O2S. The van der Waals surface area contributed by atoms with Crippen molar-refractivity contribution in [2.24, 2.45) is 5.92 Å². The van der Waals surface area contributed by atoms with Crippen molar-refractivity contribution in [3.05, 3.63) is 62.9 Å². The number of hydrogen-bond donors (Lipinski definition) is 1. The maximum atomic E-state index is 11.5. The number of thiophene rings is 1. The number of pyridine rings is 1. The van der Waals surface area contributed by atoms with Gasteiger partial charge in [-0.1, -0.05) is 24.3 Å². The van der Waals surface area contributed by atoms with Crippen LogP contribution in [0, 0.1) is 5.92 Å². The molecule has 1 aliphatic rings. The van der Waals surface area contributed by atoms with Gasteiger partial charge in [-0.3, -0.25) is 14.7 Å². The molecule has 1 N–H and O–H groups in total. The largest absolute Gasteiger partial charge is 0.481 e. The Labute approximate surface area is 164 Å². The normalized spacial score (nSPS) is 19.5. The van der Waals surface area contributed by atoms with Crippen molar-refractivity contribution >= 4 is 44.1 Å². The Morgan fingerprint density at radius 2 is 2.08 bits per heavy atom. The molecule has 0 aliphatic carbocycles. The highest BCUT2D eigenvalue weighted by Gasteiger charge is 2.32. The molecule has 1 fully saturated rings. The third kappa shape index (κ3) is 3.54. The first-order valence-electron chi connectivity index (χ1n) is 8.69. The SMILES string of the molecule is O=C(O)C1CCCN(C(c2ccc3ccccc3n2)c2ccc(Br)s2)C1. The van der Waals surface area contributed by atoms with E-state index >= 15 is 0 Å². The summed E-state index contributed by atoms with van der Waals surface area (Å²) in [5.74, 6) is -1.01. The second-order valence-electron chi connectivity index (χ2n) is 6.65. The third-order valence-electron chi connectivity index (χ3n) is 4.93. The van der Waals surface area contributed by atoms with Crippen LogP contribution in [0.1, 0.15) is 29.5 Å². The highest BCUT2D eigenvalue weighted by atomic mass is 79.9. The molecule has 2 aromatic heterocycles. The van der Waals surface area contributed by atoms with Gasteiger partial charge in [0.2, 0.25) is 0 Å². The van der Waals surface area contributed by atoms with E-state index in [4.69, 9.17) is 4.98 Å². The summed E-state index contributed by atoms with van der Waals surface area (Å²) in [5.41, 5.74) is 1.95. The molecule has 4 rings (SSSR count). The Bertz CT molecular complexity index is 942. The number of carboxylic acids is 1. The van der Waals surface area contributed by atoms with E-state index in [1.165, 1.54) is 4.88 Å². The lowest BCUT2D eigenvalue weighted by atomic mass is 9.95. The number of fused-ring (bicyclic) bond motifs is 1. The van der Waals surface area contributed by atoms with Crippen molar-refractivity contribution in [2.45, 2.75) is 18.9 Å². The summed E-state index contributed by atoms with van der Waals surface area (Å²) < 4.78 is 1.07. The number of benzene rings is 1. The van der Waals surface area contributed by atoms with E-state index in [9.17, 15) is 9.90 Å². The molecule has 3 heterocycles. The molecule has 0 bridgehead atoms. The van der Waals surface area contributed by atoms with E-state index < -0.39 is 5.97 Å². The minimum atomic E-state index is -0.702. The van der Waals surface area contributed by atoms with E-state index in [1.807, 2.05) is 24.3 Å². The fourth-order valence-electron chi connectivity index (χ4n) is 3.66. The zero-order valence-electron chi connectivity index (χ0n) is 14.1. The molecular weight excluding hydrogens is 412 g/mol. The summed E-state index contributed by atoms with van der Waals surface area (Å²) in [5, 5.41) is 10.6. The van der Waals surface area contributed by atoms with Gasteiger partial charge in [-0.15, -0.1) is 11.3 Å². The number of carbonyl (C=O) groups is 1. The highest BCUT2D eigenvalue weighted by molar-refractivity contribution is 9.11. The lowest BCUT2D eigenvalue weighted by Crippen LogP contribution is -2.41. The first kappa shape index (κ1) is 17.6. The van der Waals surface area contributed by atoms with Crippen LogP contribution in [-0.2, 0) is 4.79 Å². The van der Waals surface area contributed by atoms with Crippen LogP contribution in [-0.4, -0.2) is 34.0 Å². The Morgan fingerprint density at radius 3 is 2.85 bits per heavy atom. The minimum Gasteiger partial charge on any atom is -0.481 e. The predicted molar refractivity (Wildman–Crippen MR) is 108 cm³/mol. The number of hydrogen-bond acceptors (Lipinski definition) is 4. The van der Waals surface area contributed by atoms with Crippen LogP contribution in [0.4, 0.5) is 0 Å². The Kier molecular flexibility index (Phi) is 5.07. The maximum Gasteiger partial charge on any atom is 0.307 e. The molecule has 134 valence electrons. The van der Waals surface area contributed by atoms with Crippen molar-refractivity contribution < 1.29 is 9.90 Å². The van der Waals surface area contributed by atoms with Gasteiger partial charge in [-0.05, 0) is 59.6 Å². The first-order valence-corrected chi connectivity index (χ1v) is 10.3. The number of likely N-dealkylation sites (tertiary alicyclic amines) is 1. The minimum absolute atomic E-state index is 0.0157. The number of rotatable bonds is 4. The molecule has 0 radical (unpaired) electrons. The molecule has 1 aliphatic heterocycles. The van der Waals surface area contributed by atoms with Gasteiger partial charge in [0.25, 0.3) is 0 Å². The molecule has 2 unspecified atom stereocenters. The van der Waals surface area contributed by atoms with Gasteiger partial charge in [0.05, 0.1) is 27.0 Å². The topological polar surface area (TPSA) is 53.4 Å². The van der Waals surface area contributed by atoms with E-state index in [2.05, 4.69) is 45.1 Å². The summed E-state index contributed by atoms with van der Waals surface area (Å²) >= 11 is 5.24. The lowest BCUT2D eigenvalue weighted by molar-refractivity contribution is -0.143. The summed E-state index contributed by atoms with van der Waals surface area (Å²) in [6.07, 6.45) is 1.64. The van der Waals surface area contributed by atoms with Crippen LogP contribution < -0.4 is 0 Å². The Hall–Kier alpha value is -1.76. The smallest absolute Gasteiger partial charge is 0.307 e. The van der Waals surface area contributed by atoms with Crippen molar-refractivity contribution in [1.29, 1.82) is 0 Å². The molecule has 0 saturated carbocycles. The van der Waals surface area contributed by atoms with Crippen LogP contribution in [0.3, 0.4) is 0 Å². The molecule has 1 saturated heterocycles. The first-order chi connectivity index (χ1) is 12.6. The van der Waals surface area contributed by atoms with E-state index in [0.29, 0.717) is 6.54 Å². The highest BCUT2D eigenvalue weighted by Crippen LogP contribution is 2.37. The zero-order chi connectivity index (χ0) is 18.1. The van der Waals surface area contributed by atoms with Gasteiger partial charge in [0.1, 0.15) is 0 Å². The number of aliphatic carboxylic acids is 1. The average Bonchev–Trinajstić information content (AvgIpc) is 3.08. The predicted octanol–water partition coefficient (Wildman–Crippen LogP) is 4.94. The summed E-state index contributed by atoms with van der Waals surface area (Å²) in [6.45, 7) is 1.45. The number of carboxylic acid groups (broad SMARTS) is 1. The number of piperidine rings is 1. The maximum absolute atomic E-state index is 11.5. The van der Waals surface area contributed by atoms with Crippen molar-refractivity contribution in [1.82, 2.24) is 9.88 Å². The van der Waals surface area contributed by atoms with Crippen LogP contribution in [0.2, 0.25) is 0 Å². The molecule has 4 nitrogen and oxygen atoms in total. The average molecular weight is 431 g/mol.